The predicted molar refractivity (Wildman–Crippen MR) is 80.6 cm³/mol. The normalized spacial score (nSPS) is 17.5. The summed E-state index contributed by atoms with van der Waals surface area (Å²) in [4.78, 5) is 27.4. The quantitative estimate of drug-likeness (QED) is 0.868. The minimum atomic E-state index is -0.0269. The van der Waals surface area contributed by atoms with E-state index in [0.717, 1.165) is 30.8 Å². The lowest BCUT2D eigenvalue weighted by molar-refractivity contribution is 0.0732. The van der Waals surface area contributed by atoms with Crippen molar-refractivity contribution in [2.45, 2.75) is 25.8 Å². The summed E-state index contributed by atoms with van der Waals surface area (Å²) in [5, 5.41) is 0. The summed E-state index contributed by atoms with van der Waals surface area (Å²) in [5.41, 5.74) is 2.28. The number of carbonyl (C=O) groups is 1. The van der Waals surface area contributed by atoms with Crippen molar-refractivity contribution in [1.29, 1.82) is 0 Å². The van der Waals surface area contributed by atoms with Crippen LogP contribution in [-0.2, 0) is 0 Å². The predicted octanol–water partition coefficient (Wildman–Crippen LogP) is 2.17. The van der Waals surface area contributed by atoms with Gasteiger partial charge < -0.3 is 9.64 Å². The first-order chi connectivity index (χ1) is 10.7. The molecule has 1 aliphatic heterocycles. The molecule has 2 aromatic heterocycles. The van der Waals surface area contributed by atoms with Gasteiger partial charge in [0.25, 0.3) is 5.91 Å². The van der Waals surface area contributed by atoms with Crippen LogP contribution < -0.4 is 4.74 Å². The number of ether oxygens (including phenoxy) is 1. The molecule has 22 heavy (non-hydrogen) atoms. The minimum absolute atomic E-state index is 0.0120. The van der Waals surface area contributed by atoms with Crippen molar-refractivity contribution in [2.75, 3.05) is 13.7 Å². The zero-order valence-corrected chi connectivity index (χ0v) is 12.7. The molecule has 1 saturated heterocycles. The molecule has 1 atom stereocenters. The number of aromatic nitrogens is 3. The van der Waals surface area contributed by atoms with Gasteiger partial charge in [-0.15, -0.1) is 0 Å². The van der Waals surface area contributed by atoms with Crippen LogP contribution in [0.4, 0.5) is 0 Å². The molecule has 1 aliphatic rings. The monoisotopic (exact) mass is 298 g/mol. The van der Waals surface area contributed by atoms with E-state index in [2.05, 4.69) is 15.0 Å². The van der Waals surface area contributed by atoms with Crippen LogP contribution in [0.15, 0.2) is 30.7 Å². The molecular formula is C16H18N4O2. The number of amides is 1. The fourth-order valence-corrected chi connectivity index (χ4v) is 2.75. The largest absolute Gasteiger partial charge is 0.481 e. The second kappa shape index (κ2) is 6.09. The Bertz CT molecular complexity index is 672. The van der Waals surface area contributed by atoms with Crippen molar-refractivity contribution in [2.24, 2.45) is 0 Å². The molecule has 0 aliphatic carbocycles. The van der Waals surface area contributed by atoms with E-state index in [1.165, 1.54) is 0 Å². The van der Waals surface area contributed by atoms with E-state index >= 15 is 0 Å². The highest BCUT2D eigenvalue weighted by molar-refractivity contribution is 5.94. The Kier molecular flexibility index (Phi) is 4.00. The summed E-state index contributed by atoms with van der Waals surface area (Å²) < 4.78 is 5.02. The number of hydrogen-bond donors (Lipinski definition) is 0. The average molecular weight is 298 g/mol. The first-order valence-corrected chi connectivity index (χ1v) is 7.28. The average Bonchev–Trinajstić information content (AvgIpc) is 3.04. The molecule has 114 valence electrons. The maximum Gasteiger partial charge on any atom is 0.255 e. The number of carbonyl (C=O) groups excluding carboxylic acids is 1. The lowest BCUT2D eigenvalue weighted by Crippen LogP contribution is -2.31. The minimum Gasteiger partial charge on any atom is -0.481 e. The molecule has 3 rings (SSSR count). The van der Waals surface area contributed by atoms with Crippen LogP contribution in [0.1, 0.15) is 40.6 Å². The van der Waals surface area contributed by atoms with Crippen LogP contribution in [0.3, 0.4) is 0 Å². The van der Waals surface area contributed by atoms with Crippen molar-refractivity contribution < 1.29 is 9.53 Å². The van der Waals surface area contributed by atoms with E-state index in [4.69, 9.17) is 4.74 Å². The van der Waals surface area contributed by atoms with Crippen molar-refractivity contribution in [3.05, 3.63) is 47.7 Å². The standard InChI is InChI=1S/C16H18N4O2/c1-11-8-17-10-13(19-11)14-4-3-7-20(14)16(21)12-5-6-15(22-2)18-9-12/h5-6,8-10,14H,3-4,7H2,1-2H3. The van der Waals surface area contributed by atoms with Gasteiger partial charge in [-0.1, -0.05) is 0 Å². The Balaban J connectivity index is 1.84. The number of methoxy groups -OCH3 is 1. The van der Waals surface area contributed by atoms with Crippen molar-refractivity contribution in [3.63, 3.8) is 0 Å². The lowest BCUT2D eigenvalue weighted by Gasteiger charge is -2.24. The molecule has 0 aromatic carbocycles. The molecule has 6 heteroatoms. The number of nitrogens with zero attached hydrogens (tertiary/aromatic N) is 4. The number of likely N-dealkylation sites (tertiary alicyclic amines) is 1. The van der Waals surface area contributed by atoms with Gasteiger partial charge in [-0.3, -0.25) is 14.8 Å². The van der Waals surface area contributed by atoms with Gasteiger partial charge in [0.2, 0.25) is 5.88 Å². The highest BCUT2D eigenvalue weighted by Gasteiger charge is 2.31. The van der Waals surface area contributed by atoms with Crippen molar-refractivity contribution in [3.8, 4) is 5.88 Å². The zero-order chi connectivity index (χ0) is 15.5. The molecule has 0 bridgehead atoms. The van der Waals surface area contributed by atoms with Crippen molar-refractivity contribution >= 4 is 5.91 Å². The van der Waals surface area contributed by atoms with Gasteiger partial charge in [-0.05, 0) is 25.8 Å². The van der Waals surface area contributed by atoms with Crippen LogP contribution in [-0.4, -0.2) is 39.4 Å². The van der Waals surface area contributed by atoms with E-state index < -0.39 is 0 Å². The fourth-order valence-electron chi connectivity index (χ4n) is 2.75. The van der Waals surface area contributed by atoms with Gasteiger partial charge in [0, 0.05) is 25.0 Å². The molecule has 3 heterocycles. The second-order valence-corrected chi connectivity index (χ2v) is 5.33. The van der Waals surface area contributed by atoms with Gasteiger partial charge in [-0.25, -0.2) is 4.98 Å². The third-order valence-corrected chi connectivity index (χ3v) is 3.82. The van der Waals surface area contributed by atoms with Crippen LogP contribution in [0.25, 0.3) is 0 Å². The van der Waals surface area contributed by atoms with Gasteiger partial charge in [0.05, 0.1) is 36.3 Å². The molecule has 0 saturated carbocycles. The molecule has 1 unspecified atom stereocenters. The maximum atomic E-state index is 12.7. The van der Waals surface area contributed by atoms with Gasteiger partial charge in [0.15, 0.2) is 0 Å². The van der Waals surface area contributed by atoms with Crippen LogP contribution >= 0.6 is 0 Å². The molecule has 0 N–H and O–H groups in total. The van der Waals surface area contributed by atoms with Crippen LogP contribution in [0, 0.1) is 6.92 Å². The highest BCUT2D eigenvalue weighted by atomic mass is 16.5. The lowest BCUT2D eigenvalue weighted by atomic mass is 10.1. The van der Waals surface area contributed by atoms with E-state index in [1.54, 1.807) is 37.8 Å². The Hall–Kier alpha value is -2.50. The SMILES string of the molecule is COc1ccc(C(=O)N2CCCC2c2cncc(C)n2)cn1. The summed E-state index contributed by atoms with van der Waals surface area (Å²) in [6.45, 7) is 2.64. The van der Waals surface area contributed by atoms with E-state index in [0.29, 0.717) is 11.4 Å². The van der Waals surface area contributed by atoms with Crippen molar-refractivity contribution in [1.82, 2.24) is 19.9 Å². The molecule has 2 aromatic rings. The Morgan fingerprint density at radius 2 is 2.18 bits per heavy atom. The smallest absolute Gasteiger partial charge is 0.255 e. The first kappa shape index (κ1) is 14.4. The van der Waals surface area contributed by atoms with Gasteiger partial charge in [0.1, 0.15) is 0 Å². The van der Waals surface area contributed by atoms with Crippen LogP contribution in [0.5, 0.6) is 5.88 Å². The summed E-state index contributed by atoms with van der Waals surface area (Å²) in [5.74, 6) is 0.472. The number of hydrogen-bond acceptors (Lipinski definition) is 5. The summed E-state index contributed by atoms with van der Waals surface area (Å²) in [7, 11) is 1.55. The highest BCUT2D eigenvalue weighted by Crippen LogP contribution is 2.31. The number of rotatable bonds is 3. The molecule has 0 spiro atoms. The number of pyridine rings is 1. The van der Waals surface area contributed by atoms with Crippen LogP contribution in [0.2, 0.25) is 0 Å². The third kappa shape index (κ3) is 2.77. The van der Waals surface area contributed by atoms with Gasteiger partial charge in [-0.2, -0.15) is 0 Å². The zero-order valence-electron chi connectivity index (χ0n) is 12.7. The molecule has 1 amide bonds. The summed E-state index contributed by atoms with van der Waals surface area (Å²) >= 11 is 0. The maximum absolute atomic E-state index is 12.7. The molecule has 6 nitrogen and oxygen atoms in total. The third-order valence-electron chi connectivity index (χ3n) is 3.82. The second-order valence-electron chi connectivity index (χ2n) is 5.33. The Morgan fingerprint density at radius 1 is 1.32 bits per heavy atom. The van der Waals surface area contributed by atoms with E-state index in [9.17, 15) is 4.79 Å². The summed E-state index contributed by atoms with van der Waals surface area (Å²) in [6, 6.07) is 3.43. The Morgan fingerprint density at radius 3 is 2.86 bits per heavy atom. The Labute approximate surface area is 129 Å². The molecule has 0 radical (unpaired) electrons. The number of aryl methyl sites for hydroxylation is 1. The fraction of sp³-hybridized carbons (Fsp3) is 0.375. The molecule has 1 fully saturated rings. The van der Waals surface area contributed by atoms with E-state index in [1.807, 2.05) is 11.8 Å². The summed E-state index contributed by atoms with van der Waals surface area (Å²) in [6.07, 6.45) is 6.90. The first-order valence-electron chi connectivity index (χ1n) is 7.28. The van der Waals surface area contributed by atoms with E-state index in [-0.39, 0.29) is 11.9 Å². The topological polar surface area (TPSA) is 68.2 Å². The molecular weight excluding hydrogens is 280 g/mol. The van der Waals surface area contributed by atoms with Gasteiger partial charge >= 0.3 is 0 Å².